The Morgan fingerprint density at radius 1 is 0.778 bits per heavy atom. The number of benzene rings is 2. The van der Waals surface area contributed by atoms with Crippen LogP contribution in [0.2, 0.25) is 0 Å². The van der Waals surface area contributed by atoms with Crippen LogP contribution in [0, 0.1) is 25.2 Å². The number of hydrogen-bond donors (Lipinski definition) is 0. The molecule has 0 N–H and O–H groups in total. The topological polar surface area (TPSA) is 52.6 Å². The summed E-state index contributed by atoms with van der Waals surface area (Å²) in [5.74, 6) is -0.243. The second-order valence-electron chi connectivity index (χ2n) is 15.1. The van der Waals surface area contributed by atoms with Crippen LogP contribution in [0.4, 0.5) is 0 Å². The maximum atomic E-state index is 13.8. The third kappa shape index (κ3) is 8.03. The van der Waals surface area contributed by atoms with E-state index in [9.17, 15) is 9.59 Å². The fourth-order valence-corrected chi connectivity index (χ4v) is 7.13. The van der Waals surface area contributed by atoms with Crippen molar-refractivity contribution in [1.29, 1.82) is 0 Å². The molecule has 0 aromatic heterocycles. The van der Waals surface area contributed by atoms with E-state index in [0.717, 1.165) is 37.7 Å². The van der Waals surface area contributed by atoms with Crippen LogP contribution in [0.1, 0.15) is 161 Å². The summed E-state index contributed by atoms with van der Waals surface area (Å²) in [5.41, 5.74) is 5.32. The highest BCUT2D eigenvalue weighted by molar-refractivity contribution is 5.81. The smallest absolute Gasteiger partial charge is 0.317 e. The van der Waals surface area contributed by atoms with Gasteiger partial charge in [0.05, 0.1) is 11.3 Å². The van der Waals surface area contributed by atoms with Crippen LogP contribution in [0.3, 0.4) is 0 Å². The molecule has 1 saturated carbocycles. The number of carbonyl (C=O) groups excluding carboxylic acids is 2. The van der Waals surface area contributed by atoms with Crippen molar-refractivity contribution >= 4 is 11.9 Å². The summed E-state index contributed by atoms with van der Waals surface area (Å²) in [7, 11) is 0. The van der Waals surface area contributed by atoms with E-state index in [2.05, 4.69) is 58.0 Å². The molecule has 2 unspecified atom stereocenters. The van der Waals surface area contributed by atoms with Gasteiger partial charge in [0.2, 0.25) is 0 Å². The fraction of sp³-hybridized carbons (Fsp3) is 0.659. The highest BCUT2D eigenvalue weighted by atomic mass is 16.6. The Labute approximate surface area is 275 Å². The molecule has 0 amide bonds. The molecule has 0 bridgehead atoms. The van der Waals surface area contributed by atoms with Crippen molar-refractivity contribution in [3.63, 3.8) is 0 Å². The molecular formula is C41H62O4. The predicted molar refractivity (Wildman–Crippen MR) is 187 cm³/mol. The van der Waals surface area contributed by atoms with Gasteiger partial charge in [-0.3, -0.25) is 9.59 Å². The molecule has 250 valence electrons. The Balaban J connectivity index is 1.88. The highest BCUT2D eigenvalue weighted by Gasteiger charge is 2.40. The van der Waals surface area contributed by atoms with Crippen molar-refractivity contribution in [3.05, 3.63) is 64.2 Å². The zero-order chi connectivity index (χ0) is 33.6. The molecule has 4 nitrogen and oxygen atoms in total. The molecule has 4 heteroatoms. The molecule has 2 aromatic rings. The Kier molecular flexibility index (Phi) is 12.2. The van der Waals surface area contributed by atoms with Gasteiger partial charge in [0.15, 0.2) is 0 Å². The van der Waals surface area contributed by atoms with Crippen LogP contribution in [-0.4, -0.2) is 17.5 Å². The van der Waals surface area contributed by atoms with Gasteiger partial charge in [0, 0.05) is 5.41 Å². The van der Waals surface area contributed by atoms with E-state index in [1.165, 1.54) is 41.5 Å². The van der Waals surface area contributed by atoms with Gasteiger partial charge >= 0.3 is 11.9 Å². The van der Waals surface area contributed by atoms with Gasteiger partial charge in [-0.15, -0.1) is 0 Å². The van der Waals surface area contributed by atoms with Crippen molar-refractivity contribution in [2.24, 2.45) is 11.3 Å². The summed E-state index contributed by atoms with van der Waals surface area (Å²) in [6, 6.07) is 13.6. The minimum Gasteiger partial charge on any atom is -0.459 e. The minimum atomic E-state index is -0.796. The molecule has 1 aliphatic carbocycles. The molecule has 3 rings (SSSR count). The number of rotatable bonds is 14. The zero-order valence-corrected chi connectivity index (χ0v) is 30.5. The lowest BCUT2D eigenvalue weighted by molar-refractivity contribution is -0.166. The van der Waals surface area contributed by atoms with Crippen LogP contribution < -0.4 is 4.74 Å². The maximum absolute atomic E-state index is 13.8. The van der Waals surface area contributed by atoms with Crippen molar-refractivity contribution in [2.75, 3.05) is 0 Å². The Bertz CT molecular complexity index is 1310. The molecule has 0 radical (unpaired) electrons. The number of carbonyl (C=O) groups is 2. The molecule has 2 aromatic carbocycles. The first-order chi connectivity index (χ1) is 21.1. The molecule has 1 fully saturated rings. The molecule has 0 spiro atoms. The number of ether oxygens (including phenoxy) is 2. The van der Waals surface area contributed by atoms with Gasteiger partial charge in [-0.05, 0) is 118 Å². The lowest BCUT2D eigenvalue weighted by Crippen LogP contribution is -2.38. The van der Waals surface area contributed by atoms with Crippen LogP contribution >= 0.6 is 0 Å². The van der Waals surface area contributed by atoms with Gasteiger partial charge in [-0.25, -0.2) is 0 Å². The Hall–Kier alpha value is -2.62. The molecule has 2 atom stereocenters. The SMILES string of the molecule is CCC(CC(C)(CC)C(=O)Oc1ccc(C2(c3ccc(C(C)(C)CC)c(C)c3)CCCCC2)cc1C)C(=O)OC(C)(CC)CC. The van der Waals surface area contributed by atoms with E-state index in [1.54, 1.807) is 0 Å². The second kappa shape index (κ2) is 14.9. The third-order valence-corrected chi connectivity index (χ3v) is 11.7. The molecule has 1 aliphatic rings. The summed E-state index contributed by atoms with van der Waals surface area (Å²) >= 11 is 0. The average Bonchev–Trinajstić information content (AvgIpc) is 3.04. The quantitative estimate of drug-likeness (QED) is 0.156. The lowest BCUT2D eigenvalue weighted by Gasteiger charge is -2.40. The van der Waals surface area contributed by atoms with E-state index in [1.807, 2.05) is 54.5 Å². The van der Waals surface area contributed by atoms with Gasteiger partial charge in [-0.2, -0.15) is 0 Å². The number of esters is 2. The van der Waals surface area contributed by atoms with Crippen LogP contribution in [0.25, 0.3) is 0 Å². The van der Waals surface area contributed by atoms with Crippen molar-refractivity contribution in [3.8, 4) is 5.75 Å². The number of aryl methyl sites for hydroxylation is 2. The van der Waals surface area contributed by atoms with E-state index >= 15 is 0 Å². The molecule has 0 aliphatic heterocycles. The summed E-state index contributed by atoms with van der Waals surface area (Å²) < 4.78 is 12.1. The molecule has 0 saturated heterocycles. The van der Waals surface area contributed by atoms with Gasteiger partial charge in [0.25, 0.3) is 0 Å². The first-order valence-corrected chi connectivity index (χ1v) is 17.8. The molecular weight excluding hydrogens is 556 g/mol. The third-order valence-electron chi connectivity index (χ3n) is 11.7. The minimum absolute atomic E-state index is 0.0384. The van der Waals surface area contributed by atoms with Gasteiger partial charge in [-0.1, -0.05) is 98.1 Å². The van der Waals surface area contributed by atoms with Crippen LogP contribution in [-0.2, 0) is 25.2 Å². The first kappa shape index (κ1) is 36.8. The lowest BCUT2D eigenvalue weighted by atomic mass is 9.64. The van der Waals surface area contributed by atoms with E-state index in [4.69, 9.17) is 9.47 Å². The van der Waals surface area contributed by atoms with E-state index in [-0.39, 0.29) is 28.7 Å². The summed E-state index contributed by atoms with van der Waals surface area (Å²) in [6.07, 6.45) is 10.2. The second-order valence-corrected chi connectivity index (χ2v) is 15.1. The zero-order valence-electron chi connectivity index (χ0n) is 30.5. The van der Waals surface area contributed by atoms with E-state index in [0.29, 0.717) is 25.0 Å². The summed E-state index contributed by atoms with van der Waals surface area (Å²) in [5, 5.41) is 0. The van der Waals surface area contributed by atoms with Crippen molar-refractivity contribution in [1.82, 2.24) is 0 Å². The molecule has 45 heavy (non-hydrogen) atoms. The number of hydrogen-bond acceptors (Lipinski definition) is 4. The summed E-state index contributed by atoms with van der Waals surface area (Å²) in [4.78, 5) is 27.0. The predicted octanol–water partition coefficient (Wildman–Crippen LogP) is 11.1. The fourth-order valence-electron chi connectivity index (χ4n) is 7.13. The Morgan fingerprint density at radius 2 is 1.36 bits per heavy atom. The van der Waals surface area contributed by atoms with Crippen LogP contribution in [0.5, 0.6) is 5.75 Å². The average molecular weight is 619 g/mol. The maximum Gasteiger partial charge on any atom is 0.317 e. The van der Waals surface area contributed by atoms with Gasteiger partial charge < -0.3 is 9.47 Å². The van der Waals surface area contributed by atoms with Gasteiger partial charge in [0.1, 0.15) is 11.4 Å². The first-order valence-electron chi connectivity index (χ1n) is 17.8. The molecule has 0 heterocycles. The standard InChI is InChI=1S/C41H62O4/c1-12-31(36(42)45-40(11,15-4)16-5)28-39(10,14-3)37(43)44-35-23-21-33(27-30(35)7)41(24-18-17-19-25-41)32-20-22-34(29(6)26-32)38(8,9)13-2/h20-23,26-27,31H,12-19,24-25,28H2,1-11H3. The summed E-state index contributed by atoms with van der Waals surface area (Å²) in [6.45, 7) is 23.2. The monoisotopic (exact) mass is 618 g/mol. The largest absolute Gasteiger partial charge is 0.459 e. The van der Waals surface area contributed by atoms with Crippen molar-refractivity contribution < 1.29 is 19.1 Å². The van der Waals surface area contributed by atoms with E-state index < -0.39 is 11.0 Å². The van der Waals surface area contributed by atoms with Crippen molar-refractivity contribution in [2.45, 2.75) is 163 Å². The van der Waals surface area contributed by atoms with Crippen LogP contribution in [0.15, 0.2) is 36.4 Å². The normalized spacial score (nSPS) is 17.3. The Morgan fingerprint density at radius 3 is 1.84 bits per heavy atom. The highest BCUT2D eigenvalue weighted by Crippen LogP contribution is 2.47.